The maximum Gasteiger partial charge on any atom is 0.174 e. The first kappa shape index (κ1) is 18.8. The number of aliphatic hydroxyl groups is 1. The van der Waals surface area contributed by atoms with Gasteiger partial charge in [-0.1, -0.05) is 17.8 Å². The number of benzene rings is 1. The summed E-state index contributed by atoms with van der Waals surface area (Å²) >= 11 is 2.11. The normalized spacial score (nSPS) is 15.0. The van der Waals surface area contributed by atoms with Gasteiger partial charge in [0.05, 0.1) is 6.54 Å². The van der Waals surface area contributed by atoms with E-state index >= 15 is 0 Å². The Bertz CT molecular complexity index is 876. The lowest BCUT2D eigenvalue weighted by Crippen LogP contribution is -2.41. The molecule has 0 saturated carbocycles. The van der Waals surface area contributed by atoms with Crippen LogP contribution in [0.1, 0.15) is 18.3 Å². The first-order valence-corrected chi connectivity index (χ1v) is 9.13. The van der Waals surface area contributed by atoms with E-state index in [4.69, 9.17) is 0 Å². The van der Waals surface area contributed by atoms with Crippen molar-refractivity contribution in [3.63, 3.8) is 0 Å². The summed E-state index contributed by atoms with van der Waals surface area (Å²) < 4.78 is 46.0. The molecule has 3 aromatic rings. The highest BCUT2D eigenvalue weighted by Gasteiger charge is 2.40. The summed E-state index contributed by atoms with van der Waals surface area (Å²) in [5.74, 6) is -1.56. The Morgan fingerprint density at radius 3 is 2.81 bits per heavy atom. The summed E-state index contributed by atoms with van der Waals surface area (Å²) in [5, 5.41) is 14.6. The smallest absolute Gasteiger partial charge is 0.174 e. The summed E-state index contributed by atoms with van der Waals surface area (Å²) in [7, 11) is 0. The highest BCUT2D eigenvalue weighted by molar-refractivity contribution is 8.01. The van der Waals surface area contributed by atoms with Crippen molar-refractivity contribution in [1.29, 1.82) is 0 Å². The van der Waals surface area contributed by atoms with Gasteiger partial charge in [-0.15, -0.1) is 0 Å². The Hall–Kier alpha value is -1.98. The van der Waals surface area contributed by atoms with E-state index < -0.39 is 29.2 Å². The van der Waals surface area contributed by atoms with Gasteiger partial charge in [0, 0.05) is 16.9 Å². The average molecular weight is 401 g/mol. The van der Waals surface area contributed by atoms with Crippen molar-refractivity contribution < 1.29 is 18.3 Å². The van der Waals surface area contributed by atoms with Gasteiger partial charge >= 0.3 is 0 Å². The van der Waals surface area contributed by atoms with E-state index in [1.807, 2.05) is 0 Å². The Balaban J connectivity index is 1.95. The zero-order valence-corrected chi connectivity index (χ0v) is 15.1. The van der Waals surface area contributed by atoms with E-state index in [2.05, 4.69) is 19.4 Å². The third-order valence-corrected chi connectivity index (χ3v) is 5.88. The molecule has 0 bridgehead atoms. The van der Waals surface area contributed by atoms with Crippen LogP contribution in [0.3, 0.4) is 0 Å². The van der Waals surface area contributed by atoms with Crippen LogP contribution >= 0.6 is 23.3 Å². The first-order chi connectivity index (χ1) is 12.4. The van der Waals surface area contributed by atoms with Crippen molar-refractivity contribution in [2.75, 3.05) is 0 Å². The topological polar surface area (TPSA) is 76.7 Å². The molecule has 1 aromatic carbocycles. The molecular weight excluding hydrogens is 387 g/mol. The van der Waals surface area contributed by atoms with Gasteiger partial charge in [-0.3, -0.25) is 0 Å². The predicted molar refractivity (Wildman–Crippen MR) is 90.3 cm³/mol. The summed E-state index contributed by atoms with van der Waals surface area (Å²) in [6.45, 7) is 0.765. The van der Waals surface area contributed by atoms with Gasteiger partial charge in [-0.2, -0.15) is 9.47 Å². The predicted octanol–water partition coefficient (Wildman–Crippen LogP) is 2.95. The molecule has 0 aliphatic heterocycles. The van der Waals surface area contributed by atoms with E-state index in [0.29, 0.717) is 10.4 Å². The molecule has 0 saturated heterocycles. The van der Waals surface area contributed by atoms with Crippen LogP contribution in [0.5, 0.6) is 0 Å². The Morgan fingerprint density at radius 1 is 1.38 bits per heavy atom. The fourth-order valence-electron chi connectivity index (χ4n) is 2.42. The van der Waals surface area contributed by atoms with Gasteiger partial charge in [-0.25, -0.2) is 27.8 Å². The van der Waals surface area contributed by atoms with Gasteiger partial charge in [0.25, 0.3) is 0 Å². The number of aromatic nitrogens is 5. The maximum absolute atomic E-state index is 14.4. The van der Waals surface area contributed by atoms with Crippen LogP contribution in [-0.2, 0) is 18.8 Å². The quantitative estimate of drug-likeness (QED) is 0.614. The minimum atomic E-state index is -1.75. The zero-order valence-electron chi connectivity index (χ0n) is 13.5. The van der Waals surface area contributed by atoms with E-state index in [9.17, 15) is 18.3 Å². The number of thioether (sulfide) groups is 1. The molecule has 26 heavy (non-hydrogen) atoms. The third kappa shape index (κ3) is 3.89. The van der Waals surface area contributed by atoms with Crippen LogP contribution < -0.4 is 0 Å². The number of hydrogen-bond donors (Lipinski definition) is 1. The van der Waals surface area contributed by atoms with Gasteiger partial charge in [-0.05, 0) is 24.5 Å². The lowest BCUT2D eigenvalue weighted by atomic mass is 9.90. The number of hydrogen-bond acceptors (Lipinski definition) is 7. The molecule has 0 aliphatic rings. The Kier molecular flexibility index (Phi) is 5.58. The summed E-state index contributed by atoms with van der Waals surface area (Å²) in [4.78, 5) is 7.82. The molecule has 11 heteroatoms. The lowest BCUT2D eigenvalue weighted by Gasteiger charge is -2.33. The lowest BCUT2D eigenvalue weighted by molar-refractivity contribution is 0.0133. The molecule has 138 valence electrons. The van der Waals surface area contributed by atoms with Crippen LogP contribution in [-0.4, -0.2) is 34.5 Å². The van der Waals surface area contributed by atoms with E-state index in [1.165, 1.54) is 23.4 Å². The first-order valence-electron chi connectivity index (χ1n) is 7.48. The molecule has 0 fully saturated rings. The van der Waals surface area contributed by atoms with Gasteiger partial charge < -0.3 is 5.11 Å². The minimum absolute atomic E-state index is 0.0532. The Labute approximate surface area is 155 Å². The summed E-state index contributed by atoms with van der Waals surface area (Å²) in [5.41, 5.74) is -1.83. The van der Waals surface area contributed by atoms with Gasteiger partial charge in [0.2, 0.25) is 0 Å². The van der Waals surface area contributed by atoms with Gasteiger partial charge in [0.1, 0.15) is 29.9 Å². The van der Waals surface area contributed by atoms with E-state index in [1.54, 1.807) is 6.92 Å². The van der Waals surface area contributed by atoms with Crippen LogP contribution in [0.25, 0.3) is 0 Å². The zero-order chi connectivity index (χ0) is 18.7. The molecular formula is C15H14F3N5OS2. The molecule has 2 aromatic heterocycles. The van der Waals surface area contributed by atoms with Crippen LogP contribution in [0, 0.1) is 11.6 Å². The molecule has 2 atom stereocenters. The van der Waals surface area contributed by atoms with E-state index in [0.717, 1.165) is 29.4 Å². The monoisotopic (exact) mass is 401 g/mol. The van der Waals surface area contributed by atoms with Gasteiger partial charge in [0.15, 0.2) is 16.8 Å². The SMILES string of the molecule is C[C@@H](Sc1nc(CF)ns1)[C@](O)(Cn1cncn1)c1ccc(F)cc1F. The second-order valence-corrected chi connectivity index (χ2v) is 7.85. The molecule has 6 nitrogen and oxygen atoms in total. The van der Waals surface area contributed by atoms with Crippen LogP contribution in [0.15, 0.2) is 35.2 Å². The van der Waals surface area contributed by atoms with Crippen molar-refractivity contribution in [3.8, 4) is 0 Å². The molecule has 3 rings (SSSR count). The van der Waals surface area contributed by atoms with Crippen molar-refractivity contribution >= 4 is 23.3 Å². The third-order valence-electron chi connectivity index (χ3n) is 3.79. The van der Waals surface area contributed by atoms with Crippen LogP contribution in [0.2, 0.25) is 0 Å². The van der Waals surface area contributed by atoms with Crippen molar-refractivity contribution in [2.24, 2.45) is 0 Å². The molecule has 2 heterocycles. The van der Waals surface area contributed by atoms with Crippen molar-refractivity contribution in [3.05, 3.63) is 53.9 Å². The summed E-state index contributed by atoms with van der Waals surface area (Å²) in [6, 6.07) is 2.99. The number of rotatable bonds is 7. The van der Waals surface area contributed by atoms with Crippen molar-refractivity contribution in [1.82, 2.24) is 24.1 Å². The fourth-order valence-corrected chi connectivity index (χ4v) is 4.42. The second-order valence-electron chi connectivity index (χ2n) is 5.51. The maximum atomic E-state index is 14.4. The molecule has 0 unspecified atom stereocenters. The highest BCUT2D eigenvalue weighted by Crippen LogP contribution is 2.39. The molecule has 0 aliphatic carbocycles. The average Bonchev–Trinajstić information content (AvgIpc) is 3.26. The Morgan fingerprint density at radius 2 is 2.19 bits per heavy atom. The number of alkyl halides is 1. The fraction of sp³-hybridized carbons (Fsp3) is 0.333. The largest absolute Gasteiger partial charge is 0.382 e. The second kappa shape index (κ2) is 7.72. The standard InChI is InChI=1S/C15H14F3N5OS2/c1-9(25-14-21-13(5-16)22-26-14)15(24,6-23-8-19-7-20-23)11-3-2-10(17)4-12(11)18/h2-4,7-9,24H,5-6H2,1H3/t9-,15-/m1/s1. The minimum Gasteiger partial charge on any atom is -0.382 e. The molecule has 0 radical (unpaired) electrons. The summed E-state index contributed by atoms with van der Waals surface area (Å²) in [6.07, 6.45) is 2.67. The molecule has 0 spiro atoms. The highest BCUT2D eigenvalue weighted by atomic mass is 32.2. The number of halogens is 3. The van der Waals surface area contributed by atoms with Crippen molar-refractivity contribution in [2.45, 2.75) is 35.3 Å². The van der Waals surface area contributed by atoms with E-state index in [-0.39, 0.29) is 17.9 Å². The molecule has 1 N–H and O–H groups in total. The van der Waals surface area contributed by atoms with Crippen LogP contribution in [0.4, 0.5) is 13.2 Å². The number of nitrogens with zero attached hydrogens (tertiary/aromatic N) is 5. The molecule has 0 amide bonds.